The van der Waals surface area contributed by atoms with Gasteiger partial charge in [0.2, 0.25) is 5.91 Å². The van der Waals surface area contributed by atoms with Crippen LogP contribution in [0.5, 0.6) is 5.75 Å². The first-order valence-electron chi connectivity index (χ1n) is 7.51. The molecule has 0 aliphatic rings. The quantitative estimate of drug-likeness (QED) is 0.856. The van der Waals surface area contributed by atoms with Gasteiger partial charge in [0, 0.05) is 6.92 Å². The third-order valence-corrected chi connectivity index (χ3v) is 4.65. The van der Waals surface area contributed by atoms with Crippen LogP contribution in [-0.4, -0.2) is 14.3 Å². The Labute approximate surface area is 142 Å². The average Bonchev–Trinajstić information content (AvgIpc) is 2.48. The molecule has 0 unspecified atom stereocenters. The van der Waals surface area contributed by atoms with Gasteiger partial charge < -0.3 is 9.50 Å². The van der Waals surface area contributed by atoms with Gasteiger partial charge in [-0.05, 0) is 35.2 Å². The lowest BCUT2D eigenvalue weighted by Gasteiger charge is -2.19. The van der Waals surface area contributed by atoms with Crippen LogP contribution in [0.3, 0.4) is 0 Å². The molecular weight excluding hydrogens is 326 g/mol. The zero-order valence-corrected chi connectivity index (χ0v) is 15.0. The van der Waals surface area contributed by atoms with E-state index in [1.165, 1.54) is 25.1 Å². The molecule has 0 aliphatic heterocycles. The van der Waals surface area contributed by atoms with E-state index in [0.717, 1.165) is 5.56 Å². The number of amides is 1. The van der Waals surface area contributed by atoms with E-state index in [4.69, 9.17) is 4.18 Å². The van der Waals surface area contributed by atoms with E-state index in [-0.39, 0.29) is 22.0 Å². The molecule has 1 amide bonds. The predicted octanol–water partition coefficient (Wildman–Crippen LogP) is 3.71. The number of para-hydroxylation sites is 2. The predicted molar refractivity (Wildman–Crippen MR) is 93.7 cm³/mol. The first kappa shape index (κ1) is 18.0. The molecule has 0 saturated carbocycles. The molecule has 0 atom stereocenters. The second-order valence-electron chi connectivity index (χ2n) is 6.49. The molecular formula is C18H21NO4S. The minimum atomic E-state index is -3.99. The molecule has 2 rings (SSSR count). The van der Waals surface area contributed by atoms with Gasteiger partial charge in [0.05, 0.1) is 5.69 Å². The van der Waals surface area contributed by atoms with Crippen LogP contribution in [-0.2, 0) is 20.3 Å². The smallest absolute Gasteiger partial charge is 0.339 e. The summed E-state index contributed by atoms with van der Waals surface area (Å²) in [5.41, 5.74) is 1.27. The van der Waals surface area contributed by atoms with E-state index in [2.05, 4.69) is 26.1 Å². The van der Waals surface area contributed by atoms with E-state index in [9.17, 15) is 13.2 Å². The van der Waals surface area contributed by atoms with Crippen molar-refractivity contribution in [1.82, 2.24) is 0 Å². The molecule has 0 aromatic heterocycles. The number of carbonyl (C=O) groups excluding carboxylic acids is 1. The number of carbonyl (C=O) groups is 1. The van der Waals surface area contributed by atoms with Gasteiger partial charge in [-0.25, -0.2) is 0 Å². The Hall–Kier alpha value is -2.34. The average molecular weight is 347 g/mol. The topological polar surface area (TPSA) is 72.5 Å². The van der Waals surface area contributed by atoms with Crippen molar-refractivity contribution >= 4 is 21.7 Å². The van der Waals surface area contributed by atoms with Crippen molar-refractivity contribution in [3.8, 4) is 5.75 Å². The van der Waals surface area contributed by atoms with Crippen molar-refractivity contribution in [3.05, 3.63) is 54.1 Å². The highest BCUT2D eigenvalue weighted by atomic mass is 32.2. The fraction of sp³-hybridized carbons (Fsp3) is 0.278. The van der Waals surface area contributed by atoms with Crippen LogP contribution in [0.25, 0.3) is 0 Å². The number of benzene rings is 2. The number of hydrogen-bond acceptors (Lipinski definition) is 4. The maximum Gasteiger partial charge on any atom is 0.339 e. The minimum absolute atomic E-state index is 0.0631. The van der Waals surface area contributed by atoms with Gasteiger partial charge in [0.25, 0.3) is 0 Å². The van der Waals surface area contributed by atoms with Gasteiger partial charge in [-0.1, -0.05) is 45.0 Å². The van der Waals surface area contributed by atoms with Crippen LogP contribution >= 0.6 is 0 Å². The molecule has 0 heterocycles. The monoisotopic (exact) mass is 347 g/mol. The molecule has 2 aromatic rings. The van der Waals surface area contributed by atoms with Gasteiger partial charge in [-0.2, -0.15) is 8.42 Å². The van der Waals surface area contributed by atoms with Crippen molar-refractivity contribution in [3.63, 3.8) is 0 Å². The largest absolute Gasteiger partial charge is 0.377 e. The second-order valence-corrected chi connectivity index (χ2v) is 8.04. The third-order valence-electron chi connectivity index (χ3n) is 3.41. The van der Waals surface area contributed by atoms with E-state index in [1.807, 2.05) is 0 Å². The van der Waals surface area contributed by atoms with Crippen molar-refractivity contribution < 1.29 is 17.4 Å². The number of hydrogen-bond donors (Lipinski definition) is 1. The molecule has 5 nitrogen and oxygen atoms in total. The van der Waals surface area contributed by atoms with Crippen molar-refractivity contribution in [1.29, 1.82) is 0 Å². The first-order valence-corrected chi connectivity index (χ1v) is 8.92. The van der Waals surface area contributed by atoms with Gasteiger partial charge in [0.15, 0.2) is 5.75 Å². The minimum Gasteiger partial charge on any atom is -0.377 e. The summed E-state index contributed by atoms with van der Waals surface area (Å²) in [6, 6.07) is 13.0. The van der Waals surface area contributed by atoms with Crippen LogP contribution in [0, 0.1) is 0 Å². The van der Waals surface area contributed by atoms with Gasteiger partial charge in [-0.15, -0.1) is 0 Å². The van der Waals surface area contributed by atoms with Crippen LogP contribution in [0.4, 0.5) is 5.69 Å². The SMILES string of the molecule is CC(=O)Nc1ccccc1OS(=O)(=O)c1ccc(C(C)(C)C)cc1. The summed E-state index contributed by atoms with van der Waals surface area (Å²) >= 11 is 0. The standard InChI is InChI=1S/C18H21NO4S/c1-13(20)19-16-7-5-6-8-17(16)23-24(21,22)15-11-9-14(10-12-15)18(2,3)4/h5-12H,1-4H3,(H,19,20). The van der Waals surface area contributed by atoms with E-state index >= 15 is 0 Å². The Morgan fingerprint density at radius 2 is 1.58 bits per heavy atom. The molecule has 128 valence electrons. The Morgan fingerprint density at radius 1 is 1.00 bits per heavy atom. The van der Waals surface area contributed by atoms with Crippen molar-refractivity contribution in [2.24, 2.45) is 0 Å². The lowest BCUT2D eigenvalue weighted by atomic mass is 9.87. The molecule has 1 N–H and O–H groups in total. The number of anilines is 1. The summed E-state index contributed by atoms with van der Waals surface area (Å²) in [4.78, 5) is 11.3. The van der Waals surface area contributed by atoms with Crippen LogP contribution in [0.2, 0.25) is 0 Å². The fourth-order valence-electron chi connectivity index (χ4n) is 2.12. The normalized spacial score (nSPS) is 11.8. The van der Waals surface area contributed by atoms with Crippen LogP contribution < -0.4 is 9.50 Å². The highest BCUT2D eigenvalue weighted by Crippen LogP contribution is 2.28. The fourth-order valence-corrected chi connectivity index (χ4v) is 3.07. The lowest BCUT2D eigenvalue weighted by molar-refractivity contribution is -0.114. The first-order chi connectivity index (χ1) is 11.1. The Bertz CT molecular complexity index is 834. The Balaban J connectivity index is 2.31. The summed E-state index contributed by atoms with van der Waals surface area (Å²) < 4.78 is 30.1. The van der Waals surface area contributed by atoms with Gasteiger partial charge in [-0.3, -0.25) is 4.79 Å². The van der Waals surface area contributed by atoms with Gasteiger partial charge >= 0.3 is 10.1 Å². The van der Waals surface area contributed by atoms with E-state index in [1.54, 1.807) is 30.3 Å². The van der Waals surface area contributed by atoms with E-state index in [0.29, 0.717) is 5.69 Å². The molecule has 2 aromatic carbocycles. The van der Waals surface area contributed by atoms with E-state index < -0.39 is 10.1 Å². The summed E-state index contributed by atoms with van der Waals surface area (Å²) in [5, 5.41) is 2.55. The Kier molecular flexibility index (Phi) is 4.99. The molecule has 0 saturated heterocycles. The number of rotatable bonds is 4. The molecule has 0 bridgehead atoms. The maximum atomic E-state index is 12.5. The zero-order valence-electron chi connectivity index (χ0n) is 14.2. The van der Waals surface area contributed by atoms with Crippen LogP contribution in [0.1, 0.15) is 33.3 Å². The lowest BCUT2D eigenvalue weighted by Crippen LogP contribution is -2.14. The molecule has 0 spiro atoms. The van der Waals surface area contributed by atoms with Crippen LogP contribution in [0.15, 0.2) is 53.4 Å². The third kappa shape index (κ3) is 4.35. The molecule has 24 heavy (non-hydrogen) atoms. The second kappa shape index (κ2) is 6.65. The highest BCUT2D eigenvalue weighted by molar-refractivity contribution is 7.87. The highest BCUT2D eigenvalue weighted by Gasteiger charge is 2.20. The summed E-state index contributed by atoms with van der Waals surface area (Å²) in [5.74, 6) is -0.231. The van der Waals surface area contributed by atoms with Crippen molar-refractivity contribution in [2.45, 2.75) is 38.0 Å². The summed E-state index contributed by atoms with van der Waals surface area (Å²) in [7, 11) is -3.99. The molecule has 0 aliphatic carbocycles. The number of nitrogens with one attached hydrogen (secondary N) is 1. The molecule has 0 radical (unpaired) electrons. The zero-order chi connectivity index (χ0) is 18.0. The van der Waals surface area contributed by atoms with Gasteiger partial charge in [0.1, 0.15) is 4.90 Å². The molecule has 0 fully saturated rings. The van der Waals surface area contributed by atoms with Crippen molar-refractivity contribution in [2.75, 3.05) is 5.32 Å². The summed E-state index contributed by atoms with van der Waals surface area (Å²) in [6.45, 7) is 7.50. The maximum absolute atomic E-state index is 12.5. The molecule has 6 heteroatoms. The summed E-state index contributed by atoms with van der Waals surface area (Å²) in [6.07, 6.45) is 0. The Morgan fingerprint density at radius 3 is 2.12 bits per heavy atom.